The minimum absolute atomic E-state index is 0.377. The Morgan fingerprint density at radius 2 is 2.19 bits per heavy atom. The monoisotopic (exact) mass is 242 g/mol. The number of nitrogen functional groups attached to an aromatic ring is 1. The minimum atomic E-state index is 0.377. The second-order valence-corrected chi connectivity index (χ2v) is 4.48. The molecule has 0 amide bonds. The summed E-state index contributed by atoms with van der Waals surface area (Å²) in [6, 6.07) is 6.12. The molecule has 0 radical (unpaired) electrons. The first-order valence-corrected chi connectivity index (χ1v) is 5.65. The maximum absolute atomic E-state index is 5.87. The third kappa shape index (κ3) is 3.67. The van der Waals surface area contributed by atoms with Crippen LogP contribution >= 0.6 is 11.6 Å². The van der Waals surface area contributed by atoms with Gasteiger partial charge >= 0.3 is 0 Å². The summed E-state index contributed by atoms with van der Waals surface area (Å²) in [5.41, 5.74) is 7.55. The lowest BCUT2D eigenvalue weighted by atomic mass is 10.1. The third-order valence-electron chi connectivity index (χ3n) is 2.65. The van der Waals surface area contributed by atoms with E-state index in [0.717, 1.165) is 18.7 Å². The van der Waals surface area contributed by atoms with Crippen LogP contribution in [0.2, 0.25) is 5.02 Å². The predicted octanol–water partition coefficient (Wildman–Crippen LogP) is 2.39. The quantitative estimate of drug-likeness (QED) is 0.806. The maximum atomic E-state index is 5.87. The second kappa shape index (κ2) is 6.09. The Hall–Kier alpha value is -0.770. The summed E-state index contributed by atoms with van der Waals surface area (Å²) in [4.78, 5) is 2.21. The van der Waals surface area contributed by atoms with Gasteiger partial charge in [-0.1, -0.05) is 17.7 Å². The molecular formula is C12H19ClN2O. The van der Waals surface area contributed by atoms with Crippen molar-refractivity contribution >= 4 is 17.3 Å². The average molecular weight is 243 g/mol. The molecule has 0 saturated carbocycles. The zero-order chi connectivity index (χ0) is 12.1. The number of nitrogens with zero attached hydrogens (tertiary/aromatic N) is 1. The van der Waals surface area contributed by atoms with Crippen molar-refractivity contribution < 1.29 is 4.74 Å². The van der Waals surface area contributed by atoms with Gasteiger partial charge in [-0.3, -0.25) is 4.90 Å². The third-order valence-corrected chi connectivity index (χ3v) is 3.00. The minimum Gasteiger partial charge on any atom is -0.398 e. The molecule has 4 heteroatoms. The molecule has 3 nitrogen and oxygen atoms in total. The van der Waals surface area contributed by atoms with Gasteiger partial charge in [0.2, 0.25) is 0 Å². The molecule has 1 atom stereocenters. The van der Waals surface area contributed by atoms with E-state index in [9.17, 15) is 0 Å². The fourth-order valence-electron chi connectivity index (χ4n) is 1.50. The Kier molecular flexibility index (Phi) is 5.06. The van der Waals surface area contributed by atoms with E-state index in [1.54, 1.807) is 7.11 Å². The Balaban J connectivity index is 2.62. The molecule has 0 spiro atoms. The Bertz CT molecular complexity index is 344. The number of rotatable bonds is 5. The van der Waals surface area contributed by atoms with Crippen molar-refractivity contribution in [3.8, 4) is 0 Å². The van der Waals surface area contributed by atoms with E-state index >= 15 is 0 Å². The largest absolute Gasteiger partial charge is 0.398 e. The zero-order valence-electron chi connectivity index (χ0n) is 10.0. The highest BCUT2D eigenvalue weighted by atomic mass is 35.5. The molecule has 1 aromatic carbocycles. The van der Waals surface area contributed by atoms with Gasteiger partial charge in [-0.25, -0.2) is 0 Å². The Morgan fingerprint density at radius 3 is 2.75 bits per heavy atom. The molecule has 1 aromatic rings. The second-order valence-electron chi connectivity index (χ2n) is 4.08. The van der Waals surface area contributed by atoms with E-state index in [0.29, 0.717) is 16.8 Å². The molecule has 16 heavy (non-hydrogen) atoms. The lowest BCUT2D eigenvalue weighted by molar-refractivity contribution is 0.112. The molecule has 0 aliphatic heterocycles. The van der Waals surface area contributed by atoms with Crippen LogP contribution < -0.4 is 5.73 Å². The van der Waals surface area contributed by atoms with Crippen molar-refractivity contribution in [2.24, 2.45) is 0 Å². The average Bonchev–Trinajstić information content (AvgIpc) is 2.24. The lowest BCUT2D eigenvalue weighted by Gasteiger charge is -2.24. The summed E-state index contributed by atoms with van der Waals surface area (Å²) in [5.74, 6) is 0. The molecule has 0 fully saturated rings. The number of nitrogens with two attached hydrogens (primary N) is 1. The number of likely N-dealkylation sites (N-methyl/N-ethyl adjacent to an activating group) is 1. The van der Waals surface area contributed by atoms with Crippen LogP contribution in [0.4, 0.5) is 5.69 Å². The van der Waals surface area contributed by atoms with E-state index in [2.05, 4.69) is 18.9 Å². The van der Waals surface area contributed by atoms with Crippen molar-refractivity contribution in [3.05, 3.63) is 28.8 Å². The molecule has 2 N–H and O–H groups in total. The van der Waals surface area contributed by atoms with Crippen LogP contribution in [-0.4, -0.2) is 31.7 Å². The number of hydrogen-bond acceptors (Lipinski definition) is 3. The predicted molar refractivity (Wildman–Crippen MR) is 68.7 cm³/mol. The van der Waals surface area contributed by atoms with Crippen molar-refractivity contribution in [2.75, 3.05) is 26.5 Å². The highest BCUT2D eigenvalue weighted by Crippen LogP contribution is 2.20. The molecule has 0 aliphatic carbocycles. The highest BCUT2D eigenvalue weighted by Gasteiger charge is 2.09. The summed E-state index contributed by atoms with van der Waals surface area (Å²) >= 11 is 5.87. The van der Waals surface area contributed by atoms with E-state index in [-0.39, 0.29) is 0 Å². The van der Waals surface area contributed by atoms with Gasteiger partial charge in [0, 0.05) is 19.7 Å². The smallest absolute Gasteiger partial charge is 0.0635 e. The molecule has 1 unspecified atom stereocenters. The first-order valence-electron chi connectivity index (χ1n) is 5.27. The molecule has 0 bridgehead atoms. The van der Waals surface area contributed by atoms with E-state index in [1.807, 2.05) is 18.2 Å². The van der Waals surface area contributed by atoms with Gasteiger partial charge in [-0.2, -0.15) is 0 Å². The van der Waals surface area contributed by atoms with Gasteiger partial charge in [0.1, 0.15) is 0 Å². The van der Waals surface area contributed by atoms with Gasteiger partial charge in [0.05, 0.1) is 17.3 Å². The van der Waals surface area contributed by atoms with Crippen molar-refractivity contribution in [2.45, 2.75) is 19.5 Å². The summed E-state index contributed by atoms with van der Waals surface area (Å²) in [5, 5.41) is 0.608. The number of ether oxygens (including phenoxy) is 1. The fourth-order valence-corrected chi connectivity index (χ4v) is 1.62. The highest BCUT2D eigenvalue weighted by molar-refractivity contribution is 6.33. The molecular weight excluding hydrogens is 224 g/mol. The van der Waals surface area contributed by atoms with Crippen LogP contribution in [0, 0.1) is 0 Å². The first-order chi connectivity index (χ1) is 7.54. The van der Waals surface area contributed by atoms with Crippen LogP contribution in [0.25, 0.3) is 0 Å². The van der Waals surface area contributed by atoms with E-state index in [1.165, 1.54) is 0 Å². The van der Waals surface area contributed by atoms with Crippen LogP contribution in [0.3, 0.4) is 0 Å². The molecule has 0 aromatic heterocycles. The summed E-state index contributed by atoms with van der Waals surface area (Å²) in [6.07, 6.45) is 0. The molecule has 0 heterocycles. The van der Waals surface area contributed by atoms with Gasteiger partial charge < -0.3 is 10.5 Å². The number of anilines is 1. The number of halogens is 1. The molecule has 0 aliphatic rings. The topological polar surface area (TPSA) is 38.5 Å². The normalized spacial score (nSPS) is 13.1. The summed E-state index contributed by atoms with van der Waals surface area (Å²) in [7, 11) is 3.78. The van der Waals surface area contributed by atoms with Gasteiger partial charge in [-0.15, -0.1) is 0 Å². The fraction of sp³-hybridized carbons (Fsp3) is 0.500. The van der Waals surface area contributed by atoms with Gasteiger partial charge in [0.15, 0.2) is 0 Å². The number of hydrogen-bond donors (Lipinski definition) is 1. The van der Waals surface area contributed by atoms with Crippen molar-refractivity contribution in [3.63, 3.8) is 0 Å². The SMILES string of the molecule is COCC(C)N(C)Cc1ccc(Cl)c(N)c1. The van der Waals surface area contributed by atoms with Gasteiger partial charge in [0.25, 0.3) is 0 Å². The van der Waals surface area contributed by atoms with E-state index < -0.39 is 0 Å². The van der Waals surface area contributed by atoms with Crippen LogP contribution in [0.15, 0.2) is 18.2 Å². The zero-order valence-corrected chi connectivity index (χ0v) is 10.8. The Labute approximate surface area is 102 Å². The standard InChI is InChI=1S/C12H19ClN2O/c1-9(8-16-3)15(2)7-10-4-5-11(13)12(14)6-10/h4-6,9H,7-8,14H2,1-3H3. The summed E-state index contributed by atoms with van der Waals surface area (Å²) in [6.45, 7) is 3.69. The van der Waals surface area contributed by atoms with Crippen LogP contribution in [0.5, 0.6) is 0 Å². The molecule has 1 rings (SSSR count). The molecule has 0 saturated heterocycles. The van der Waals surface area contributed by atoms with Crippen LogP contribution in [-0.2, 0) is 11.3 Å². The maximum Gasteiger partial charge on any atom is 0.0635 e. The van der Waals surface area contributed by atoms with Crippen molar-refractivity contribution in [1.29, 1.82) is 0 Å². The Morgan fingerprint density at radius 1 is 1.50 bits per heavy atom. The summed E-state index contributed by atoms with van der Waals surface area (Å²) < 4.78 is 5.12. The number of benzene rings is 1. The van der Waals surface area contributed by atoms with Gasteiger partial charge in [-0.05, 0) is 31.7 Å². The van der Waals surface area contributed by atoms with Crippen molar-refractivity contribution in [1.82, 2.24) is 4.90 Å². The first kappa shape index (κ1) is 13.3. The molecule has 90 valence electrons. The lowest BCUT2D eigenvalue weighted by Crippen LogP contribution is -2.32. The van der Waals surface area contributed by atoms with E-state index in [4.69, 9.17) is 22.1 Å². The number of methoxy groups -OCH3 is 1. The van der Waals surface area contributed by atoms with Crippen LogP contribution in [0.1, 0.15) is 12.5 Å².